The van der Waals surface area contributed by atoms with E-state index >= 15 is 0 Å². The van der Waals surface area contributed by atoms with Crippen molar-refractivity contribution >= 4 is 60.5 Å². The molecule has 0 unspecified atom stereocenters. The van der Waals surface area contributed by atoms with E-state index < -0.39 is 10.0 Å². The van der Waals surface area contributed by atoms with Crippen LogP contribution in [0.15, 0.2) is 47.6 Å². The molecule has 0 radical (unpaired) electrons. The summed E-state index contributed by atoms with van der Waals surface area (Å²) in [5, 5.41) is 11.9. The van der Waals surface area contributed by atoms with Crippen molar-refractivity contribution in [2.45, 2.75) is 30.6 Å². The number of aromatic nitrogens is 4. The maximum absolute atomic E-state index is 12.6. The molecule has 2 N–H and O–H groups in total. The first-order valence-corrected chi connectivity index (χ1v) is 12.3. The highest BCUT2D eigenvalue weighted by Gasteiger charge is 2.20. The molecule has 3 aromatic heterocycles. The van der Waals surface area contributed by atoms with E-state index in [9.17, 15) is 8.42 Å². The van der Waals surface area contributed by atoms with Gasteiger partial charge in [0.25, 0.3) is 10.0 Å². The van der Waals surface area contributed by atoms with Gasteiger partial charge in [-0.05, 0) is 67.6 Å². The molecule has 0 aliphatic heterocycles. The molecule has 0 saturated carbocycles. The van der Waals surface area contributed by atoms with Crippen molar-refractivity contribution in [1.82, 2.24) is 20.2 Å². The second-order valence-electron chi connectivity index (χ2n) is 7.11. The number of fused-ring (bicyclic) bond motifs is 3. The van der Waals surface area contributed by atoms with E-state index in [-0.39, 0.29) is 15.9 Å². The Morgan fingerprint density at radius 2 is 1.77 bits per heavy atom. The van der Waals surface area contributed by atoms with Gasteiger partial charge in [-0.1, -0.05) is 11.6 Å². The lowest BCUT2D eigenvalue weighted by atomic mass is 9.97. The molecule has 0 spiro atoms. The summed E-state index contributed by atoms with van der Waals surface area (Å²) in [6.45, 7) is 0. The number of aryl methyl sites for hydroxylation is 2. The lowest BCUT2D eigenvalue weighted by molar-refractivity contribution is 0.601. The molecule has 1 aliphatic carbocycles. The standard InChI is InChI=1S/C20H17ClN6O2S2/c21-16-9-10-17(26-25-16)27-31(28,29)13-7-5-12(6-8-13)24-19-18-14-3-1-2-4-15(14)30-20(18)23-11-22-19/h5-11H,1-4H2,(H,26,27)(H,22,23,24). The Bertz CT molecular complexity index is 1360. The molecule has 8 nitrogen and oxygen atoms in total. The third-order valence-electron chi connectivity index (χ3n) is 5.05. The first kappa shape index (κ1) is 20.1. The van der Waals surface area contributed by atoms with Crippen LogP contribution in [0.1, 0.15) is 23.3 Å². The zero-order valence-electron chi connectivity index (χ0n) is 16.2. The number of sulfonamides is 1. The average Bonchev–Trinajstić information content (AvgIpc) is 3.15. The Morgan fingerprint density at radius 3 is 2.55 bits per heavy atom. The number of thiophene rings is 1. The van der Waals surface area contributed by atoms with Crippen LogP contribution in [0.5, 0.6) is 0 Å². The van der Waals surface area contributed by atoms with Crippen LogP contribution in [0.2, 0.25) is 5.15 Å². The Kier molecular flexibility index (Phi) is 5.20. The molecule has 0 saturated heterocycles. The van der Waals surface area contributed by atoms with Crippen molar-refractivity contribution in [2.24, 2.45) is 0 Å². The van der Waals surface area contributed by atoms with Gasteiger partial charge >= 0.3 is 0 Å². The van der Waals surface area contributed by atoms with Crippen LogP contribution in [0.25, 0.3) is 10.2 Å². The van der Waals surface area contributed by atoms with Gasteiger partial charge in [-0.25, -0.2) is 18.4 Å². The largest absolute Gasteiger partial charge is 0.340 e. The van der Waals surface area contributed by atoms with Gasteiger partial charge in [0, 0.05) is 10.6 Å². The number of hydrogen-bond acceptors (Lipinski definition) is 8. The number of nitrogens with one attached hydrogen (secondary N) is 2. The van der Waals surface area contributed by atoms with E-state index in [1.807, 2.05) is 0 Å². The molecule has 1 aromatic carbocycles. The predicted molar refractivity (Wildman–Crippen MR) is 122 cm³/mol. The molecular weight excluding hydrogens is 456 g/mol. The molecule has 4 aromatic rings. The second kappa shape index (κ2) is 8.03. The molecule has 3 heterocycles. The van der Waals surface area contributed by atoms with Crippen LogP contribution >= 0.6 is 22.9 Å². The van der Waals surface area contributed by atoms with Crippen molar-refractivity contribution in [3.63, 3.8) is 0 Å². The normalized spacial score (nSPS) is 13.7. The number of hydrogen-bond donors (Lipinski definition) is 2. The van der Waals surface area contributed by atoms with Gasteiger partial charge in [0.15, 0.2) is 11.0 Å². The fourth-order valence-electron chi connectivity index (χ4n) is 3.61. The van der Waals surface area contributed by atoms with Crippen LogP contribution in [-0.4, -0.2) is 28.6 Å². The fourth-order valence-corrected chi connectivity index (χ4v) is 5.93. The van der Waals surface area contributed by atoms with Crippen molar-refractivity contribution in [3.8, 4) is 0 Å². The third kappa shape index (κ3) is 4.06. The monoisotopic (exact) mass is 472 g/mol. The highest BCUT2D eigenvalue weighted by molar-refractivity contribution is 7.92. The molecule has 0 fully saturated rings. The molecule has 11 heteroatoms. The summed E-state index contributed by atoms with van der Waals surface area (Å²) in [5.41, 5.74) is 2.07. The van der Waals surface area contributed by atoms with Crippen LogP contribution < -0.4 is 10.0 Å². The summed E-state index contributed by atoms with van der Waals surface area (Å²) >= 11 is 7.42. The lowest BCUT2D eigenvalue weighted by Crippen LogP contribution is -2.14. The first-order chi connectivity index (χ1) is 15.0. The number of halogens is 1. The van der Waals surface area contributed by atoms with Crippen molar-refractivity contribution in [2.75, 3.05) is 10.0 Å². The van der Waals surface area contributed by atoms with Gasteiger partial charge < -0.3 is 5.32 Å². The van der Waals surface area contributed by atoms with Gasteiger partial charge in [-0.2, -0.15) is 0 Å². The van der Waals surface area contributed by atoms with Gasteiger partial charge in [0.1, 0.15) is 17.0 Å². The van der Waals surface area contributed by atoms with Gasteiger partial charge in [0.05, 0.1) is 10.3 Å². The van der Waals surface area contributed by atoms with Gasteiger partial charge in [-0.15, -0.1) is 21.5 Å². The maximum atomic E-state index is 12.6. The summed E-state index contributed by atoms with van der Waals surface area (Å²) in [5.74, 6) is 0.840. The van der Waals surface area contributed by atoms with E-state index in [2.05, 4.69) is 30.2 Å². The van der Waals surface area contributed by atoms with E-state index in [0.717, 1.165) is 34.6 Å². The highest BCUT2D eigenvalue weighted by atomic mass is 35.5. The summed E-state index contributed by atoms with van der Waals surface area (Å²) < 4.78 is 27.6. The quantitative estimate of drug-likeness (QED) is 0.438. The molecule has 31 heavy (non-hydrogen) atoms. The first-order valence-electron chi connectivity index (χ1n) is 9.64. The highest BCUT2D eigenvalue weighted by Crippen LogP contribution is 2.38. The van der Waals surface area contributed by atoms with E-state index in [0.29, 0.717) is 0 Å². The van der Waals surface area contributed by atoms with Crippen LogP contribution in [-0.2, 0) is 22.9 Å². The minimum absolute atomic E-state index is 0.0946. The van der Waals surface area contributed by atoms with Gasteiger partial charge in [0.2, 0.25) is 0 Å². The van der Waals surface area contributed by atoms with Crippen LogP contribution in [0.4, 0.5) is 17.3 Å². The molecule has 0 amide bonds. The van der Waals surface area contributed by atoms with Crippen LogP contribution in [0, 0.1) is 0 Å². The van der Waals surface area contributed by atoms with Crippen molar-refractivity contribution < 1.29 is 8.42 Å². The molecule has 158 valence electrons. The summed E-state index contributed by atoms with van der Waals surface area (Å²) in [6, 6.07) is 9.37. The zero-order valence-corrected chi connectivity index (χ0v) is 18.6. The third-order valence-corrected chi connectivity index (χ3v) is 7.82. The lowest BCUT2D eigenvalue weighted by Gasteiger charge is -2.13. The molecule has 0 atom stereocenters. The second-order valence-corrected chi connectivity index (χ2v) is 10.3. The van der Waals surface area contributed by atoms with Crippen molar-refractivity contribution in [3.05, 3.63) is 58.3 Å². The summed E-state index contributed by atoms with van der Waals surface area (Å²) in [7, 11) is -3.80. The van der Waals surface area contributed by atoms with E-state index in [1.54, 1.807) is 29.8 Å². The Labute approximate surface area is 187 Å². The predicted octanol–water partition coefficient (Wildman–Crippen LogP) is 4.56. The fraction of sp³-hybridized carbons (Fsp3) is 0.200. The van der Waals surface area contributed by atoms with E-state index in [4.69, 9.17) is 11.6 Å². The van der Waals surface area contributed by atoms with Gasteiger partial charge in [-0.3, -0.25) is 4.72 Å². The number of rotatable bonds is 5. The van der Waals surface area contributed by atoms with Crippen molar-refractivity contribution in [1.29, 1.82) is 0 Å². The average molecular weight is 473 g/mol. The number of benzene rings is 1. The number of anilines is 3. The SMILES string of the molecule is O=S(=O)(Nc1ccc(Cl)nn1)c1ccc(Nc2ncnc3sc4c(c23)CCCC4)cc1. The molecule has 5 rings (SSSR count). The summed E-state index contributed by atoms with van der Waals surface area (Å²) in [6.07, 6.45) is 6.07. The maximum Gasteiger partial charge on any atom is 0.263 e. The Hall–Kier alpha value is -2.82. The zero-order chi connectivity index (χ0) is 21.4. The van der Waals surface area contributed by atoms with E-state index in [1.165, 1.54) is 47.5 Å². The molecule has 1 aliphatic rings. The smallest absolute Gasteiger partial charge is 0.263 e. The minimum Gasteiger partial charge on any atom is -0.340 e. The minimum atomic E-state index is -3.80. The molecule has 0 bridgehead atoms. The van der Waals surface area contributed by atoms with Crippen LogP contribution in [0.3, 0.4) is 0 Å². The topological polar surface area (TPSA) is 110 Å². The molecular formula is C20H17ClN6O2S2. The Balaban J connectivity index is 1.40. The number of nitrogens with zero attached hydrogens (tertiary/aromatic N) is 4. The summed E-state index contributed by atoms with van der Waals surface area (Å²) in [4.78, 5) is 11.4. The Morgan fingerprint density at radius 1 is 0.968 bits per heavy atom.